The molecule has 1 aliphatic carbocycles. The molecule has 2 N–H and O–H groups in total. The zero-order valence-corrected chi connectivity index (χ0v) is 19.8. The molecule has 0 bridgehead atoms. The van der Waals surface area contributed by atoms with Crippen LogP contribution in [-0.4, -0.2) is 36.3 Å². The highest BCUT2D eigenvalue weighted by Crippen LogP contribution is 2.55. The highest BCUT2D eigenvalue weighted by molar-refractivity contribution is 7.90. The maximum Gasteiger partial charge on any atom is 0.249 e. The molecule has 7 nitrogen and oxygen atoms in total. The summed E-state index contributed by atoms with van der Waals surface area (Å²) in [6, 6.07) is 17.1. The van der Waals surface area contributed by atoms with Crippen LogP contribution in [-0.2, 0) is 14.6 Å². The smallest absolute Gasteiger partial charge is 0.249 e. The molecule has 4 rings (SSSR count). The summed E-state index contributed by atoms with van der Waals surface area (Å²) in [5.41, 5.74) is 6.11. The van der Waals surface area contributed by atoms with Crippen molar-refractivity contribution in [3.8, 4) is 22.9 Å². The Morgan fingerprint density at radius 1 is 1.20 bits per heavy atom. The van der Waals surface area contributed by atoms with Crippen LogP contribution in [0.15, 0.2) is 65.7 Å². The average Bonchev–Trinajstić information content (AvgIpc) is 3.24. The summed E-state index contributed by atoms with van der Waals surface area (Å²) in [4.78, 5) is 12.8. The molecule has 3 aromatic rings. The minimum atomic E-state index is -3.42. The normalized spacial score (nSPS) is 21.8. The van der Waals surface area contributed by atoms with E-state index in [2.05, 4.69) is 0 Å². The molecule has 1 fully saturated rings. The summed E-state index contributed by atoms with van der Waals surface area (Å²) in [5, 5.41) is 14.2. The first kappa shape index (κ1) is 24.5. The standard InChI is InChI=1S/C25H24F2N4O3S/c1-35(33,34)19-9-7-17(8-10-19)20-15-31(18-5-3-2-4-6-18)30-22(20)21-11-12-25(26,27)16-24(21,13-14-28)23(29)32/h2-10,15,21H,11-13,16H2,1H3,(H2,29,32). The van der Waals surface area contributed by atoms with E-state index in [-0.39, 0.29) is 11.3 Å². The fourth-order valence-corrected chi connectivity index (χ4v) is 5.47. The van der Waals surface area contributed by atoms with Gasteiger partial charge in [0.25, 0.3) is 0 Å². The van der Waals surface area contributed by atoms with E-state index in [1.165, 1.54) is 12.1 Å². The summed E-state index contributed by atoms with van der Waals surface area (Å²) < 4.78 is 54.4. The van der Waals surface area contributed by atoms with Crippen LogP contribution in [0.4, 0.5) is 8.78 Å². The van der Waals surface area contributed by atoms with Gasteiger partial charge in [-0.05, 0) is 36.2 Å². The number of halogens is 2. The molecule has 1 heterocycles. The molecule has 35 heavy (non-hydrogen) atoms. The molecule has 1 amide bonds. The second kappa shape index (κ2) is 8.89. The molecule has 2 unspecified atom stereocenters. The number of hydrogen-bond donors (Lipinski definition) is 1. The average molecular weight is 499 g/mol. The maximum absolute atomic E-state index is 14.5. The molecule has 1 aliphatic rings. The molecule has 2 aromatic carbocycles. The van der Waals surface area contributed by atoms with Crippen molar-refractivity contribution in [2.45, 2.75) is 42.4 Å². The van der Waals surface area contributed by atoms with E-state index in [1.807, 2.05) is 36.4 Å². The fraction of sp³-hybridized carbons (Fsp3) is 0.320. The quantitative estimate of drug-likeness (QED) is 0.546. The van der Waals surface area contributed by atoms with Crippen molar-refractivity contribution in [1.82, 2.24) is 9.78 Å². The number of benzene rings is 2. The van der Waals surface area contributed by atoms with E-state index >= 15 is 0 Å². The van der Waals surface area contributed by atoms with Crippen LogP contribution in [0.3, 0.4) is 0 Å². The Morgan fingerprint density at radius 3 is 2.43 bits per heavy atom. The number of para-hydroxylation sites is 1. The lowest BCUT2D eigenvalue weighted by molar-refractivity contribution is -0.144. The van der Waals surface area contributed by atoms with Gasteiger partial charge in [-0.3, -0.25) is 4.79 Å². The molecular formula is C25H24F2N4O3S. The monoisotopic (exact) mass is 498 g/mol. The highest BCUT2D eigenvalue weighted by atomic mass is 32.2. The van der Waals surface area contributed by atoms with E-state index in [9.17, 15) is 27.3 Å². The van der Waals surface area contributed by atoms with Crippen LogP contribution in [0.25, 0.3) is 16.8 Å². The van der Waals surface area contributed by atoms with Gasteiger partial charge >= 0.3 is 0 Å². The predicted octanol–water partition coefficient (Wildman–Crippen LogP) is 4.23. The van der Waals surface area contributed by atoms with Crippen LogP contribution in [0.2, 0.25) is 0 Å². The number of primary amides is 1. The summed E-state index contributed by atoms with van der Waals surface area (Å²) in [6.45, 7) is 0. The largest absolute Gasteiger partial charge is 0.369 e. The highest BCUT2D eigenvalue weighted by Gasteiger charge is 2.56. The predicted molar refractivity (Wildman–Crippen MR) is 126 cm³/mol. The van der Waals surface area contributed by atoms with Gasteiger partial charge in [-0.1, -0.05) is 30.3 Å². The number of amides is 1. The van der Waals surface area contributed by atoms with E-state index in [1.54, 1.807) is 23.0 Å². The van der Waals surface area contributed by atoms with Crippen molar-refractivity contribution < 1.29 is 22.0 Å². The Bertz CT molecular complexity index is 1400. The van der Waals surface area contributed by atoms with Gasteiger partial charge in [0.05, 0.1) is 34.2 Å². The van der Waals surface area contributed by atoms with E-state index in [0.717, 1.165) is 6.26 Å². The van der Waals surface area contributed by atoms with Gasteiger partial charge in [0.2, 0.25) is 11.8 Å². The van der Waals surface area contributed by atoms with Gasteiger partial charge in [0, 0.05) is 36.8 Å². The Hall–Kier alpha value is -3.58. The summed E-state index contributed by atoms with van der Waals surface area (Å²) in [5.74, 6) is -4.92. The van der Waals surface area contributed by atoms with Gasteiger partial charge < -0.3 is 5.73 Å². The fourth-order valence-electron chi connectivity index (χ4n) is 4.84. The van der Waals surface area contributed by atoms with Gasteiger partial charge in [-0.25, -0.2) is 21.9 Å². The van der Waals surface area contributed by atoms with Crippen molar-refractivity contribution >= 4 is 15.7 Å². The van der Waals surface area contributed by atoms with Gasteiger partial charge in [-0.15, -0.1) is 0 Å². The number of aromatic nitrogens is 2. The Kier molecular flexibility index (Phi) is 6.23. The maximum atomic E-state index is 14.5. The van der Waals surface area contributed by atoms with Crippen LogP contribution < -0.4 is 5.73 Å². The molecule has 1 aromatic heterocycles. The first-order valence-electron chi connectivity index (χ1n) is 11.0. The minimum Gasteiger partial charge on any atom is -0.369 e. The second-order valence-electron chi connectivity index (χ2n) is 8.98. The van der Waals surface area contributed by atoms with Crippen molar-refractivity contribution in [2.75, 3.05) is 6.26 Å². The molecule has 1 saturated carbocycles. The first-order chi connectivity index (χ1) is 16.5. The number of nitrogens with zero attached hydrogens (tertiary/aromatic N) is 3. The number of sulfone groups is 1. The third-order valence-electron chi connectivity index (χ3n) is 6.61. The molecule has 0 saturated heterocycles. The van der Waals surface area contributed by atoms with Crippen molar-refractivity contribution in [1.29, 1.82) is 5.26 Å². The topological polar surface area (TPSA) is 119 Å². The molecule has 10 heteroatoms. The molecule has 0 spiro atoms. The third-order valence-corrected chi connectivity index (χ3v) is 7.74. The number of carbonyl (C=O) groups excluding carboxylic acids is 1. The number of alkyl halides is 2. The molecule has 182 valence electrons. The van der Waals surface area contributed by atoms with Crippen LogP contribution in [0, 0.1) is 16.7 Å². The van der Waals surface area contributed by atoms with E-state index < -0.39 is 52.3 Å². The first-order valence-corrected chi connectivity index (χ1v) is 12.9. The number of carbonyl (C=O) groups is 1. The summed E-state index contributed by atoms with van der Waals surface area (Å²) >= 11 is 0. The second-order valence-corrected chi connectivity index (χ2v) is 11.0. The van der Waals surface area contributed by atoms with E-state index in [4.69, 9.17) is 10.8 Å². The van der Waals surface area contributed by atoms with Crippen molar-refractivity contribution in [3.05, 3.63) is 66.5 Å². The molecular weight excluding hydrogens is 474 g/mol. The lowest BCUT2D eigenvalue weighted by Crippen LogP contribution is -2.49. The van der Waals surface area contributed by atoms with Crippen molar-refractivity contribution in [3.63, 3.8) is 0 Å². The Labute approximate surface area is 202 Å². The molecule has 0 aliphatic heterocycles. The van der Waals surface area contributed by atoms with Crippen LogP contribution >= 0.6 is 0 Å². The van der Waals surface area contributed by atoms with Gasteiger partial charge in [0.15, 0.2) is 9.84 Å². The number of nitriles is 1. The number of rotatable bonds is 6. The zero-order valence-electron chi connectivity index (χ0n) is 19.0. The minimum absolute atomic E-state index is 0.0855. The number of hydrogen-bond acceptors (Lipinski definition) is 5. The van der Waals surface area contributed by atoms with Gasteiger partial charge in [-0.2, -0.15) is 10.4 Å². The zero-order chi connectivity index (χ0) is 25.4. The number of nitrogens with two attached hydrogens (primary N) is 1. The SMILES string of the molecule is CS(=O)(=O)c1ccc(-c2cn(-c3ccccc3)nc2C2CCC(F)(F)CC2(CC#N)C(N)=O)cc1. The third kappa shape index (κ3) is 4.68. The lowest BCUT2D eigenvalue weighted by Gasteiger charge is -2.43. The van der Waals surface area contributed by atoms with Crippen LogP contribution in [0.5, 0.6) is 0 Å². The van der Waals surface area contributed by atoms with E-state index in [0.29, 0.717) is 22.5 Å². The van der Waals surface area contributed by atoms with Crippen LogP contribution in [0.1, 0.15) is 37.3 Å². The summed E-state index contributed by atoms with van der Waals surface area (Å²) in [7, 11) is -3.42. The van der Waals surface area contributed by atoms with Gasteiger partial charge in [0.1, 0.15) is 0 Å². The Balaban J connectivity index is 1.92. The molecule has 0 radical (unpaired) electrons. The molecule has 2 atom stereocenters. The van der Waals surface area contributed by atoms with Crippen molar-refractivity contribution in [2.24, 2.45) is 11.1 Å². The lowest BCUT2D eigenvalue weighted by atomic mass is 9.61. The summed E-state index contributed by atoms with van der Waals surface area (Å²) in [6.07, 6.45) is 0.962. The Morgan fingerprint density at radius 2 is 1.86 bits per heavy atom.